The molecule has 2 saturated heterocycles. The number of benzene rings is 1. The number of aliphatic imine (C=N–C) groups is 1. The van der Waals surface area contributed by atoms with Crippen LogP contribution in [-0.2, 0) is 4.79 Å². The third-order valence-corrected chi connectivity index (χ3v) is 6.71. The Bertz CT molecular complexity index is 761. The van der Waals surface area contributed by atoms with Crippen LogP contribution in [0.1, 0.15) is 31.2 Å². The molecule has 32 heavy (non-hydrogen) atoms. The zero-order chi connectivity index (χ0) is 22.2. The first-order valence-corrected chi connectivity index (χ1v) is 11.8. The lowest BCUT2D eigenvalue weighted by atomic mass is 9.96. The number of unbranched alkanes of at least 4 members (excludes halogenated alkanes) is 1. The summed E-state index contributed by atoms with van der Waals surface area (Å²) in [5.41, 5.74) is 7.91. The number of primary amides is 1. The summed E-state index contributed by atoms with van der Waals surface area (Å²) in [6, 6.07) is 6.10. The summed E-state index contributed by atoms with van der Waals surface area (Å²) in [4.78, 5) is 23.0. The van der Waals surface area contributed by atoms with E-state index in [9.17, 15) is 4.79 Å². The van der Waals surface area contributed by atoms with Crippen molar-refractivity contribution in [2.45, 2.75) is 32.6 Å². The van der Waals surface area contributed by atoms with Gasteiger partial charge in [0.15, 0.2) is 5.96 Å². The van der Waals surface area contributed by atoms with Crippen molar-refractivity contribution in [1.29, 1.82) is 0 Å². The van der Waals surface area contributed by atoms with E-state index in [2.05, 4.69) is 44.1 Å². The quantitative estimate of drug-likeness (QED) is 0.226. The van der Waals surface area contributed by atoms with Gasteiger partial charge in [-0.05, 0) is 69.9 Å². The van der Waals surface area contributed by atoms with Crippen molar-refractivity contribution in [3.8, 4) is 0 Å². The van der Waals surface area contributed by atoms with E-state index in [0.717, 1.165) is 89.0 Å². The highest BCUT2D eigenvalue weighted by Crippen LogP contribution is 2.25. The maximum atomic E-state index is 11.3. The Morgan fingerprint density at radius 3 is 2.47 bits per heavy atom. The predicted molar refractivity (Wildman–Crippen MR) is 144 cm³/mol. The molecule has 7 nitrogen and oxygen atoms in total. The third kappa shape index (κ3) is 7.66. The Labute approximate surface area is 214 Å². The number of nitrogens with zero attached hydrogens (tertiary/aromatic N) is 4. The molecule has 3 N–H and O–H groups in total. The van der Waals surface area contributed by atoms with Crippen LogP contribution in [0, 0.1) is 12.8 Å². The summed E-state index contributed by atoms with van der Waals surface area (Å²) in [5, 5.41) is 4.32. The number of aryl methyl sites for hydroxylation is 1. The molecular formula is C23H38ClIN6O. The van der Waals surface area contributed by atoms with Gasteiger partial charge < -0.3 is 25.8 Å². The summed E-state index contributed by atoms with van der Waals surface area (Å²) in [6.45, 7) is 9.94. The number of guanidine groups is 1. The minimum Gasteiger partial charge on any atom is -0.369 e. The molecule has 1 aromatic rings. The number of hydrogen-bond donors (Lipinski definition) is 2. The van der Waals surface area contributed by atoms with E-state index in [4.69, 9.17) is 17.3 Å². The largest absolute Gasteiger partial charge is 0.369 e. The second-order valence-electron chi connectivity index (χ2n) is 8.60. The average Bonchev–Trinajstić information content (AvgIpc) is 2.78. The lowest BCUT2D eigenvalue weighted by Gasteiger charge is -2.38. The molecule has 0 saturated carbocycles. The molecule has 2 aliphatic rings. The molecule has 0 radical (unpaired) electrons. The number of likely N-dealkylation sites (tertiary alicyclic amines) is 1. The first-order chi connectivity index (χ1) is 15.0. The Hall–Kier alpha value is -1.26. The van der Waals surface area contributed by atoms with Crippen molar-refractivity contribution in [1.82, 2.24) is 15.1 Å². The minimum absolute atomic E-state index is 0. The van der Waals surface area contributed by atoms with Gasteiger partial charge in [-0.1, -0.05) is 17.7 Å². The summed E-state index contributed by atoms with van der Waals surface area (Å²) in [5.74, 6) is 0.924. The summed E-state index contributed by atoms with van der Waals surface area (Å²) in [7, 11) is 1.86. The van der Waals surface area contributed by atoms with Crippen molar-refractivity contribution >= 4 is 53.1 Å². The van der Waals surface area contributed by atoms with Gasteiger partial charge in [0.05, 0.1) is 0 Å². The van der Waals surface area contributed by atoms with Crippen molar-refractivity contribution in [2.75, 3.05) is 64.3 Å². The summed E-state index contributed by atoms with van der Waals surface area (Å²) < 4.78 is 0. The van der Waals surface area contributed by atoms with Crippen LogP contribution in [-0.4, -0.2) is 81.1 Å². The van der Waals surface area contributed by atoms with Gasteiger partial charge in [-0.25, -0.2) is 0 Å². The number of nitrogens with two attached hydrogens (primary N) is 1. The number of piperidine rings is 1. The number of halogens is 2. The van der Waals surface area contributed by atoms with Crippen LogP contribution in [0.5, 0.6) is 0 Å². The van der Waals surface area contributed by atoms with E-state index in [1.54, 1.807) is 0 Å². The first kappa shape index (κ1) is 27.0. The molecule has 3 rings (SSSR count). The lowest BCUT2D eigenvalue weighted by Crippen LogP contribution is -2.52. The maximum absolute atomic E-state index is 11.3. The molecule has 9 heteroatoms. The number of nitrogens with one attached hydrogen (secondary N) is 1. The first-order valence-electron chi connectivity index (χ1n) is 11.5. The van der Waals surface area contributed by atoms with Crippen molar-refractivity contribution in [2.24, 2.45) is 16.6 Å². The summed E-state index contributed by atoms with van der Waals surface area (Å²) >= 11 is 6.20. The van der Waals surface area contributed by atoms with E-state index in [-0.39, 0.29) is 35.8 Å². The van der Waals surface area contributed by atoms with Gasteiger partial charge in [0.1, 0.15) is 0 Å². The van der Waals surface area contributed by atoms with Crippen molar-refractivity contribution in [3.05, 3.63) is 28.8 Å². The fraction of sp³-hybridized carbons (Fsp3) is 0.652. The third-order valence-electron chi connectivity index (χ3n) is 6.48. The highest BCUT2D eigenvalue weighted by molar-refractivity contribution is 14.0. The monoisotopic (exact) mass is 576 g/mol. The fourth-order valence-electron chi connectivity index (χ4n) is 4.52. The number of rotatable bonds is 7. The fourth-order valence-corrected chi connectivity index (χ4v) is 4.68. The maximum Gasteiger partial charge on any atom is 0.220 e. The number of amides is 1. The Morgan fingerprint density at radius 2 is 1.84 bits per heavy atom. The summed E-state index contributed by atoms with van der Waals surface area (Å²) in [6.07, 6.45) is 4.06. The number of carbonyl (C=O) groups is 1. The van der Waals surface area contributed by atoms with Gasteiger partial charge in [-0.3, -0.25) is 9.79 Å². The SMILES string of the molecule is CN=C(NCCCCN1CCC(C(N)=O)CC1)N1CCN(c2cc(Cl)ccc2C)CC1.I. The molecule has 0 aromatic heterocycles. The highest BCUT2D eigenvalue weighted by atomic mass is 127. The van der Waals surface area contributed by atoms with Crippen LogP contribution in [0.15, 0.2) is 23.2 Å². The molecule has 0 aliphatic carbocycles. The van der Waals surface area contributed by atoms with Crippen LogP contribution in [0.2, 0.25) is 5.02 Å². The zero-order valence-electron chi connectivity index (χ0n) is 19.4. The minimum atomic E-state index is -0.140. The average molecular weight is 577 g/mol. The molecule has 0 spiro atoms. The van der Waals surface area contributed by atoms with E-state index in [0.29, 0.717) is 0 Å². The van der Waals surface area contributed by atoms with Gasteiger partial charge in [-0.2, -0.15) is 0 Å². The molecule has 180 valence electrons. The number of piperazine rings is 1. The normalized spacial score (nSPS) is 18.4. The van der Waals surface area contributed by atoms with E-state index in [1.807, 2.05) is 13.1 Å². The molecule has 2 heterocycles. The lowest BCUT2D eigenvalue weighted by molar-refractivity contribution is -0.123. The van der Waals surface area contributed by atoms with Crippen LogP contribution in [0.25, 0.3) is 0 Å². The van der Waals surface area contributed by atoms with E-state index < -0.39 is 0 Å². The second kappa shape index (κ2) is 13.4. The van der Waals surface area contributed by atoms with E-state index in [1.165, 1.54) is 11.3 Å². The molecule has 2 aliphatic heterocycles. The van der Waals surface area contributed by atoms with Crippen LogP contribution < -0.4 is 16.0 Å². The topological polar surface area (TPSA) is 77.2 Å². The molecule has 1 aromatic carbocycles. The Kier molecular flexibility index (Phi) is 11.3. The van der Waals surface area contributed by atoms with Gasteiger partial charge >= 0.3 is 0 Å². The molecule has 0 unspecified atom stereocenters. The number of hydrogen-bond acceptors (Lipinski definition) is 4. The predicted octanol–water partition coefficient (Wildman–Crippen LogP) is 2.94. The van der Waals surface area contributed by atoms with Crippen molar-refractivity contribution in [3.63, 3.8) is 0 Å². The van der Waals surface area contributed by atoms with Gasteiger partial charge in [0.2, 0.25) is 5.91 Å². The second-order valence-corrected chi connectivity index (χ2v) is 9.04. The van der Waals surface area contributed by atoms with Gasteiger partial charge in [0, 0.05) is 56.4 Å². The van der Waals surface area contributed by atoms with Crippen LogP contribution in [0.4, 0.5) is 5.69 Å². The van der Waals surface area contributed by atoms with Crippen molar-refractivity contribution < 1.29 is 4.79 Å². The molecular weight excluding hydrogens is 539 g/mol. The van der Waals surface area contributed by atoms with Crippen LogP contribution in [0.3, 0.4) is 0 Å². The van der Waals surface area contributed by atoms with Gasteiger partial charge in [0.25, 0.3) is 0 Å². The van der Waals surface area contributed by atoms with E-state index >= 15 is 0 Å². The number of anilines is 1. The highest BCUT2D eigenvalue weighted by Gasteiger charge is 2.23. The molecule has 0 atom stereocenters. The number of carbonyl (C=O) groups excluding carboxylic acids is 1. The Balaban J connectivity index is 0.00000363. The smallest absolute Gasteiger partial charge is 0.220 e. The van der Waals surface area contributed by atoms with Gasteiger partial charge in [-0.15, -0.1) is 24.0 Å². The Morgan fingerprint density at radius 1 is 1.16 bits per heavy atom. The molecule has 1 amide bonds. The standard InChI is InChI=1S/C23H37ClN6O.HI/c1-18-5-6-20(24)17-21(18)29-13-15-30(16-14-29)23(26-2)27-9-3-4-10-28-11-7-19(8-12-28)22(25)31;/h5-6,17,19H,3-4,7-16H2,1-2H3,(H2,25,31)(H,26,27);1H. The van der Waals surface area contributed by atoms with Crippen LogP contribution >= 0.6 is 35.6 Å². The zero-order valence-corrected chi connectivity index (χ0v) is 22.4. The molecule has 2 fully saturated rings. The molecule has 0 bridgehead atoms.